The van der Waals surface area contributed by atoms with Gasteiger partial charge >= 0.3 is 5.97 Å². The van der Waals surface area contributed by atoms with Crippen molar-refractivity contribution in [3.05, 3.63) is 11.6 Å². The van der Waals surface area contributed by atoms with Gasteiger partial charge in [0.05, 0.1) is 12.5 Å². The van der Waals surface area contributed by atoms with Crippen molar-refractivity contribution in [2.24, 2.45) is 35.0 Å². The summed E-state index contributed by atoms with van der Waals surface area (Å²) in [6.07, 6.45) is 10.7. The molecule has 0 bridgehead atoms. The summed E-state index contributed by atoms with van der Waals surface area (Å²) in [5.74, 6) is 3.30. The maximum Gasteiger partial charge on any atom is 0.309 e. The first kappa shape index (κ1) is 16.4. The number of ketones is 1. The SMILES string of the molecule is CCOC(=O)[C@@H]1CC[C@@H]2[C@@H]3CCC4=CC(=O)CC[C@@H]4[C@@H]3CC[C@@]21C. The summed E-state index contributed by atoms with van der Waals surface area (Å²) in [4.78, 5) is 24.2. The Morgan fingerprint density at radius 1 is 1.17 bits per heavy atom. The van der Waals surface area contributed by atoms with Gasteiger partial charge in [-0.1, -0.05) is 12.5 Å². The highest BCUT2D eigenvalue weighted by molar-refractivity contribution is 5.91. The highest BCUT2D eigenvalue weighted by Crippen LogP contribution is 2.63. The maximum absolute atomic E-state index is 12.5. The molecule has 0 heterocycles. The van der Waals surface area contributed by atoms with Crippen molar-refractivity contribution in [2.75, 3.05) is 6.61 Å². The summed E-state index contributed by atoms with van der Waals surface area (Å²) in [6, 6.07) is 0. The summed E-state index contributed by atoms with van der Waals surface area (Å²) in [7, 11) is 0. The van der Waals surface area contributed by atoms with E-state index in [-0.39, 0.29) is 17.3 Å². The van der Waals surface area contributed by atoms with Crippen LogP contribution in [-0.4, -0.2) is 18.4 Å². The van der Waals surface area contributed by atoms with Crippen LogP contribution in [0.2, 0.25) is 0 Å². The number of carbonyl (C=O) groups excluding carboxylic acids is 2. The summed E-state index contributed by atoms with van der Waals surface area (Å²) >= 11 is 0. The van der Waals surface area contributed by atoms with Gasteiger partial charge in [0.25, 0.3) is 0 Å². The van der Waals surface area contributed by atoms with E-state index in [2.05, 4.69) is 6.92 Å². The van der Waals surface area contributed by atoms with Gasteiger partial charge in [0.1, 0.15) is 0 Å². The van der Waals surface area contributed by atoms with Crippen molar-refractivity contribution in [3.8, 4) is 0 Å². The Kier molecular flexibility index (Phi) is 4.09. The number of fused-ring (bicyclic) bond motifs is 5. The zero-order valence-electron chi connectivity index (χ0n) is 15.1. The first-order valence-corrected chi connectivity index (χ1v) is 9.94. The van der Waals surface area contributed by atoms with Crippen LogP contribution in [0.15, 0.2) is 11.6 Å². The van der Waals surface area contributed by atoms with Crippen LogP contribution >= 0.6 is 0 Å². The molecule has 4 rings (SSSR count). The van der Waals surface area contributed by atoms with E-state index in [0.29, 0.717) is 24.2 Å². The quantitative estimate of drug-likeness (QED) is 0.709. The zero-order chi connectivity index (χ0) is 16.9. The maximum atomic E-state index is 12.5. The summed E-state index contributed by atoms with van der Waals surface area (Å²) < 4.78 is 5.39. The van der Waals surface area contributed by atoms with E-state index in [9.17, 15) is 9.59 Å². The molecule has 0 saturated heterocycles. The molecule has 0 aliphatic heterocycles. The first-order chi connectivity index (χ1) is 11.5. The molecule has 4 aliphatic rings. The molecule has 0 radical (unpaired) electrons. The van der Waals surface area contributed by atoms with Crippen LogP contribution in [0.25, 0.3) is 0 Å². The number of rotatable bonds is 2. The molecule has 3 heteroatoms. The Balaban J connectivity index is 1.57. The third-order valence-corrected chi connectivity index (χ3v) is 7.87. The minimum Gasteiger partial charge on any atom is -0.466 e. The fraction of sp³-hybridized carbons (Fsp3) is 0.810. The van der Waals surface area contributed by atoms with Crippen molar-refractivity contribution in [3.63, 3.8) is 0 Å². The fourth-order valence-electron chi connectivity index (χ4n) is 6.81. The van der Waals surface area contributed by atoms with Gasteiger partial charge in [0, 0.05) is 6.42 Å². The molecule has 0 aromatic heterocycles. The molecule has 0 amide bonds. The number of carbonyl (C=O) groups is 2. The molecule has 4 aliphatic carbocycles. The highest BCUT2D eigenvalue weighted by atomic mass is 16.5. The molecule has 0 N–H and O–H groups in total. The smallest absolute Gasteiger partial charge is 0.309 e. The monoisotopic (exact) mass is 330 g/mol. The second-order valence-electron chi connectivity index (χ2n) is 8.73. The van der Waals surface area contributed by atoms with Gasteiger partial charge in [0.2, 0.25) is 0 Å². The summed E-state index contributed by atoms with van der Waals surface area (Å²) in [6.45, 7) is 4.76. The number of hydrogen-bond acceptors (Lipinski definition) is 3. The molecule has 0 unspecified atom stereocenters. The predicted molar refractivity (Wildman–Crippen MR) is 92.2 cm³/mol. The van der Waals surface area contributed by atoms with Crippen LogP contribution in [0.1, 0.15) is 65.2 Å². The molecular weight excluding hydrogens is 300 g/mol. The molecule has 3 nitrogen and oxygen atoms in total. The van der Waals surface area contributed by atoms with E-state index in [4.69, 9.17) is 4.74 Å². The molecule has 3 saturated carbocycles. The van der Waals surface area contributed by atoms with Gasteiger partial charge < -0.3 is 4.74 Å². The largest absolute Gasteiger partial charge is 0.466 e. The summed E-state index contributed by atoms with van der Waals surface area (Å²) in [5, 5.41) is 0. The molecule has 24 heavy (non-hydrogen) atoms. The highest BCUT2D eigenvalue weighted by Gasteiger charge is 2.58. The minimum absolute atomic E-state index is 0.0422. The molecule has 0 aromatic carbocycles. The van der Waals surface area contributed by atoms with Gasteiger partial charge in [-0.2, -0.15) is 0 Å². The van der Waals surface area contributed by atoms with E-state index in [1.54, 1.807) is 0 Å². The Labute approximate surface area is 145 Å². The van der Waals surface area contributed by atoms with Gasteiger partial charge in [-0.05, 0) is 87.0 Å². The number of allylic oxidation sites excluding steroid dienone is 1. The Morgan fingerprint density at radius 2 is 2.00 bits per heavy atom. The minimum atomic E-state index is 0.0422. The molecular formula is C21H30O3. The van der Waals surface area contributed by atoms with Gasteiger partial charge in [-0.3, -0.25) is 9.59 Å². The third kappa shape index (κ3) is 2.38. The van der Waals surface area contributed by atoms with Crippen molar-refractivity contribution in [1.29, 1.82) is 0 Å². The lowest BCUT2D eigenvalue weighted by molar-refractivity contribution is -0.154. The van der Waals surface area contributed by atoms with E-state index >= 15 is 0 Å². The van der Waals surface area contributed by atoms with E-state index in [0.717, 1.165) is 43.9 Å². The first-order valence-electron chi connectivity index (χ1n) is 9.94. The predicted octanol–water partition coefficient (Wildman–Crippen LogP) is 4.31. The average Bonchev–Trinajstić information content (AvgIpc) is 2.92. The second kappa shape index (κ2) is 6.00. The van der Waals surface area contributed by atoms with E-state index < -0.39 is 0 Å². The van der Waals surface area contributed by atoms with E-state index in [1.807, 2.05) is 13.0 Å². The van der Waals surface area contributed by atoms with Crippen LogP contribution in [0.3, 0.4) is 0 Å². The Bertz CT molecular complexity index is 578. The van der Waals surface area contributed by atoms with Gasteiger partial charge in [-0.15, -0.1) is 0 Å². The fourth-order valence-corrected chi connectivity index (χ4v) is 6.81. The lowest BCUT2D eigenvalue weighted by Gasteiger charge is -2.53. The van der Waals surface area contributed by atoms with Gasteiger partial charge in [0.15, 0.2) is 5.78 Å². The Hall–Kier alpha value is -1.12. The lowest BCUT2D eigenvalue weighted by Crippen LogP contribution is -2.47. The van der Waals surface area contributed by atoms with Crippen molar-refractivity contribution in [1.82, 2.24) is 0 Å². The van der Waals surface area contributed by atoms with Crippen LogP contribution in [-0.2, 0) is 14.3 Å². The van der Waals surface area contributed by atoms with Gasteiger partial charge in [-0.25, -0.2) is 0 Å². The lowest BCUT2D eigenvalue weighted by atomic mass is 9.51. The molecule has 132 valence electrons. The zero-order valence-corrected chi connectivity index (χ0v) is 15.1. The standard InChI is InChI=1S/C21H30O3/c1-3-24-20(23)19-9-8-18-17-6-4-13-12-14(22)5-7-15(13)16(17)10-11-21(18,19)2/h12,15-19H,3-11H2,1-2H3/t15-,16-,17+,18+,19-,21-/m0/s1. The normalized spacial score (nSPS) is 44.2. The van der Waals surface area contributed by atoms with Crippen molar-refractivity contribution < 1.29 is 14.3 Å². The van der Waals surface area contributed by atoms with Crippen molar-refractivity contribution in [2.45, 2.75) is 65.2 Å². The number of hydrogen-bond donors (Lipinski definition) is 0. The number of esters is 1. The second-order valence-corrected chi connectivity index (χ2v) is 8.73. The third-order valence-electron chi connectivity index (χ3n) is 7.87. The molecule has 6 atom stereocenters. The van der Waals surface area contributed by atoms with E-state index in [1.165, 1.54) is 24.8 Å². The van der Waals surface area contributed by atoms with Crippen LogP contribution in [0.4, 0.5) is 0 Å². The molecule has 3 fully saturated rings. The van der Waals surface area contributed by atoms with Crippen LogP contribution in [0.5, 0.6) is 0 Å². The summed E-state index contributed by atoms with van der Waals surface area (Å²) in [5.41, 5.74) is 1.58. The Morgan fingerprint density at radius 3 is 2.79 bits per heavy atom. The van der Waals surface area contributed by atoms with Crippen LogP contribution in [0, 0.1) is 35.0 Å². The van der Waals surface area contributed by atoms with Crippen LogP contribution < -0.4 is 0 Å². The molecule has 0 spiro atoms. The van der Waals surface area contributed by atoms with Crippen molar-refractivity contribution >= 4 is 11.8 Å². The number of ether oxygens (including phenoxy) is 1. The average molecular weight is 330 g/mol. The molecule has 0 aromatic rings. The topological polar surface area (TPSA) is 43.4 Å².